The second kappa shape index (κ2) is 6.77. The highest BCUT2D eigenvalue weighted by molar-refractivity contribution is 5.78. The van der Waals surface area contributed by atoms with Gasteiger partial charge in [-0.1, -0.05) is 30.3 Å². The lowest BCUT2D eigenvalue weighted by Crippen LogP contribution is -2.61. The van der Waals surface area contributed by atoms with Gasteiger partial charge < -0.3 is 9.64 Å². The summed E-state index contributed by atoms with van der Waals surface area (Å²) in [5.41, 5.74) is 2.85. The quantitative estimate of drug-likeness (QED) is 0.718. The maximum atomic E-state index is 14.1. The topological polar surface area (TPSA) is 28.1 Å². The normalized spacial score (nSPS) is 32.1. The van der Waals surface area contributed by atoms with Crippen LogP contribution in [0, 0.1) is 17.6 Å². The molecule has 0 aromatic heterocycles. The summed E-state index contributed by atoms with van der Waals surface area (Å²) < 4.78 is 34.4. The highest BCUT2D eigenvalue weighted by atomic mass is 19.2. The van der Waals surface area contributed by atoms with Crippen molar-refractivity contribution in [2.24, 2.45) is 10.9 Å². The van der Waals surface area contributed by atoms with Crippen LogP contribution in [0.15, 0.2) is 47.5 Å². The molecule has 0 amide bonds. The van der Waals surface area contributed by atoms with Crippen LogP contribution >= 0.6 is 0 Å². The smallest absolute Gasteiger partial charge is 0.288 e. The van der Waals surface area contributed by atoms with Crippen LogP contribution in [0.2, 0.25) is 0 Å². The molecule has 0 saturated carbocycles. The van der Waals surface area contributed by atoms with Crippen LogP contribution in [-0.2, 0) is 11.2 Å². The summed E-state index contributed by atoms with van der Waals surface area (Å²) in [6.07, 6.45) is 3.21. The number of amidine groups is 1. The number of piperidine rings is 3. The second-order valence-corrected chi connectivity index (χ2v) is 9.03. The minimum absolute atomic E-state index is 0.221. The molecule has 156 valence electrons. The number of aliphatic imine (C=N–C) groups is 1. The van der Waals surface area contributed by atoms with Gasteiger partial charge in [0.15, 0.2) is 11.6 Å². The zero-order valence-corrected chi connectivity index (χ0v) is 16.9. The van der Waals surface area contributed by atoms with Crippen LogP contribution in [0.1, 0.15) is 35.6 Å². The molecule has 5 aliphatic heterocycles. The number of fused-ring (bicyclic) bond motifs is 3. The first-order valence-electron chi connectivity index (χ1n) is 10.9. The molecular formula is C24H25F2N3O. The number of rotatable bonds is 1. The minimum Gasteiger partial charge on any atom is -0.455 e. The summed E-state index contributed by atoms with van der Waals surface area (Å²) in [4.78, 5) is 9.51. The third kappa shape index (κ3) is 2.77. The highest BCUT2D eigenvalue weighted by Crippen LogP contribution is 2.43. The van der Waals surface area contributed by atoms with Gasteiger partial charge in [-0.2, -0.15) is 0 Å². The molecule has 7 rings (SSSR count). The molecule has 5 heterocycles. The molecule has 0 N–H and O–H groups in total. The average molecular weight is 409 g/mol. The van der Waals surface area contributed by atoms with Crippen LogP contribution in [0.4, 0.5) is 8.78 Å². The van der Waals surface area contributed by atoms with E-state index < -0.39 is 11.6 Å². The van der Waals surface area contributed by atoms with E-state index in [1.54, 1.807) is 6.07 Å². The van der Waals surface area contributed by atoms with E-state index in [1.807, 2.05) is 12.1 Å². The number of hydrogen-bond donors (Lipinski definition) is 0. The zero-order chi connectivity index (χ0) is 20.3. The SMILES string of the molecule is Fc1ccc([C@@H]2c3ccccc3CCN2C2=NC[C@]3(CN4CCC3CC4)O2)cc1F. The first kappa shape index (κ1) is 18.3. The lowest BCUT2D eigenvalue weighted by Gasteiger charge is -2.50. The van der Waals surface area contributed by atoms with Gasteiger partial charge in [-0.05, 0) is 61.2 Å². The van der Waals surface area contributed by atoms with Crippen molar-refractivity contribution < 1.29 is 13.5 Å². The van der Waals surface area contributed by atoms with Gasteiger partial charge in [0.05, 0.1) is 12.6 Å². The summed E-state index contributed by atoms with van der Waals surface area (Å²) in [6.45, 7) is 4.67. The molecule has 2 atom stereocenters. The predicted octanol–water partition coefficient (Wildman–Crippen LogP) is 3.76. The van der Waals surface area contributed by atoms with Crippen molar-refractivity contribution in [1.29, 1.82) is 0 Å². The molecule has 1 spiro atoms. The van der Waals surface area contributed by atoms with Gasteiger partial charge in [-0.25, -0.2) is 13.8 Å². The van der Waals surface area contributed by atoms with E-state index >= 15 is 0 Å². The Balaban J connectivity index is 1.37. The van der Waals surface area contributed by atoms with Gasteiger partial charge in [0.25, 0.3) is 6.02 Å². The fourth-order valence-corrected chi connectivity index (χ4v) is 5.83. The third-order valence-electron chi connectivity index (χ3n) is 7.39. The van der Waals surface area contributed by atoms with Crippen molar-refractivity contribution in [1.82, 2.24) is 9.80 Å². The van der Waals surface area contributed by atoms with Gasteiger partial charge in [0.2, 0.25) is 0 Å². The molecule has 2 aromatic carbocycles. The summed E-state index contributed by atoms with van der Waals surface area (Å²) in [5.74, 6) is -1.10. The van der Waals surface area contributed by atoms with Crippen molar-refractivity contribution in [2.75, 3.05) is 32.7 Å². The molecule has 3 saturated heterocycles. The van der Waals surface area contributed by atoms with Gasteiger partial charge in [0, 0.05) is 19.0 Å². The van der Waals surface area contributed by atoms with Crippen LogP contribution in [0.3, 0.4) is 0 Å². The Morgan fingerprint density at radius 3 is 2.60 bits per heavy atom. The molecule has 30 heavy (non-hydrogen) atoms. The molecule has 0 radical (unpaired) electrons. The summed E-state index contributed by atoms with van der Waals surface area (Å²) in [7, 11) is 0. The van der Waals surface area contributed by atoms with Crippen LogP contribution in [-0.4, -0.2) is 54.1 Å². The van der Waals surface area contributed by atoms with Crippen molar-refractivity contribution in [3.8, 4) is 0 Å². The van der Waals surface area contributed by atoms with Crippen LogP contribution < -0.4 is 0 Å². The molecule has 4 nitrogen and oxygen atoms in total. The maximum Gasteiger partial charge on any atom is 0.288 e. The number of ether oxygens (including phenoxy) is 1. The molecule has 3 fully saturated rings. The number of halogens is 2. The average Bonchev–Trinajstić information content (AvgIpc) is 3.19. The Kier molecular flexibility index (Phi) is 4.13. The van der Waals surface area contributed by atoms with Crippen molar-refractivity contribution in [3.63, 3.8) is 0 Å². The standard InChI is InChI=1S/C24H25F2N3O/c25-20-6-5-17(13-21(20)26)22-19-4-2-1-3-16(19)7-12-29(22)23-27-14-24(30-23)15-28-10-8-18(24)9-11-28/h1-6,13,18,22H,7-12,14-15H2/t22-,24-/m1/s1. The Bertz CT molecular complexity index is 1020. The van der Waals surface area contributed by atoms with E-state index in [0.717, 1.165) is 56.6 Å². The molecular weight excluding hydrogens is 384 g/mol. The Morgan fingerprint density at radius 1 is 1.00 bits per heavy atom. The highest BCUT2D eigenvalue weighted by Gasteiger charge is 2.53. The Hall–Kier alpha value is -2.47. The number of hydrogen-bond acceptors (Lipinski definition) is 4. The Labute approximate surface area is 175 Å². The Morgan fingerprint density at radius 2 is 1.83 bits per heavy atom. The zero-order valence-electron chi connectivity index (χ0n) is 16.9. The molecule has 0 aliphatic carbocycles. The maximum absolute atomic E-state index is 14.1. The fraction of sp³-hybridized carbons (Fsp3) is 0.458. The van der Waals surface area contributed by atoms with E-state index in [4.69, 9.17) is 9.73 Å². The number of benzene rings is 2. The van der Waals surface area contributed by atoms with Crippen molar-refractivity contribution >= 4 is 6.02 Å². The van der Waals surface area contributed by atoms with E-state index in [0.29, 0.717) is 18.5 Å². The first-order valence-corrected chi connectivity index (χ1v) is 10.9. The monoisotopic (exact) mass is 409 g/mol. The van der Waals surface area contributed by atoms with E-state index in [2.05, 4.69) is 21.9 Å². The van der Waals surface area contributed by atoms with E-state index in [1.165, 1.54) is 17.7 Å². The molecule has 2 bridgehead atoms. The lowest BCUT2D eigenvalue weighted by molar-refractivity contribution is -0.0895. The van der Waals surface area contributed by atoms with Crippen LogP contribution in [0.5, 0.6) is 0 Å². The van der Waals surface area contributed by atoms with Gasteiger partial charge in [-0.15, -0.1) is 0 Å². The minimum atomic E-state index is -0.824. The molecule has 0 unspecified atom stereocenters. The van der Waals surface area contributed by atoms with E-state index in [-0.39, 0.29) is 11.6 Å². The summed E-state index contributed by atoms with van der Waals surface area (Å²) in [5, 5.41) is 0. The van der Waals surface area contributed by atoms with Gasteiger partial charge in [0.1, 0.15) is 5.60 Å². The van der Waals surface area contributed by atoms with Gasteiger partial charge >= 0.3 is 0 Å². The third-order valence-corrected chi connectivity index (χ3v) is 7.39. The summed E-state index contributed by atoms with van der Waals surface area (Å²) in [6, 6.07) is 12.9. The fourth-order valence-electron chi connectivity index (χ4n) is 5.83. The van der Waals surface area contributed by atoms with Crippen molar-refractivity contribution in [3.05, 3.63) is 70.8 Å². The first-order chi connectivity index (χ1) is 14.6. The van der Waals surface area contributed by atoms with E-state index in [9.17, 15) is 8.78 Å². The van der Waals surface area contributed by atoms with Gasteiger partial charge in [-0.3, -0.25) is 4.90 Å². The lowest BCUT2D eigenvalue weighted by atomic mass is 9.75. The molecule has 6 heteroatoms. The van der Waals surface area contributed by atoms with Crippen molar-refractivity contribution in [2.45, 2.75) is 30.9 Å². The molecule has 2 aromatic rings. The second-order valence-electron chi connectivity index (χ2n) is 9.03. The molecule has 5 aliphatic rings. The predicted molar refractivity (Wildman–Crippen MR) is 110 cm³/mol. The van der Waals surface area contributed by atoms with Crippen LogP contribution in [0.25, 0.3) is 0 Å². The number of nitrogens with zero attached hydrogens (tertiary/aromatic N) is 3. The summed E-state index contributed by atoms with van der Waals surface area (Å²) >= 11 is 0. The largest absolute Gasteiger partial charge is 0.455 e.